The normalized spacial score (nSPS) is 14.7. The van der Waals surface area contributed by atoms with E-state index in [1.54, 1.807) is 35.5 Å². The number of anilines is 1. The van der Waals surface area contributed by atoms with Crippen LogP contribution in [0, 0.1) is 0 Å². The lowest BCUT2D eigenvalue weighted by Crippen LogP contribution is -2.49. The minimum Gasteiger partial charge on any atom is -0.422 e. The van der Waals surface area contributed by atoms with Gasteiger partial charge in [-0.2, -0.15) is 0 Å². The minimum atomic E-state index is -0.583. The van der Waals surface area contributed by atoms with E-state index in [0.717, 1.165) is 11.1 Å². The quantitative estimate of drug-likeness (QED) is 0.671. The number of aromatic nitrogens is 1. The molecule has 1 fully saturated rings. The predicted octanol–water partition coefficient (Wildman–Crippen LogP) is 2.15. The van der Waals surface area contributed by atoms with Crippen molar-refractivity contribution in [2.75, 3.05) is 31.1 Å². The van der Waals surface area contributed by atoms with Gasteiger partial charge in [0.05, 0.1) is 0 Å². The average molecular weight is 335 g/mol. The Morgan fingerprint density at radius 2 is 1.72 bits per heavy atom. The van der Waals surface area contributed by atoms with Gasteiger partial charge in [-0.15, -0.1) is 0 Å². The second-order valence-electron chi connectivity index (χ2n) is 5.97. The van der Waals surface area contributed by atoms with Gasteiger partial charge >= 0.3 is 5.63 Å². The molecule has 0 spiro atoms. The fourth-order valence-corrected chi connectivity index (χ4v) is 3.10. The number of benzene rings is 1. The van der Waals surface area contributed by atoms with Crippen LogP contribution in [0.1, 0.15) is 10.4 Å². The van der Waals surface area contributed by atoms with E-state index in [9.17, 15) is 9.59 Å². The molecular weight excluding hydrogens is 318 g/mol. The fraction of sp³-hybridized carbons (Fsp3) is 0.211. The van der Waals surface area contributed by atoms with Crippen LogP contribution in [0.15, 0.2) is 64.1 Å². The first kappa shape index (κ1) is 15.4. The number of carbonyl (C=O) groups is 1. The molecular formula is C19H17N3O3. The Hall–Kier alpha value is -3.15. The van der Waals surface area contributed by atoms with Gasteiger partial charge in [-0.3, -0.25) is 9.78 Å². The van der Waals surface area contributed by atoms with Gasteiger partial charge in [0.1, 0.15) is 11.1 Å². The molecule has 0 aliphatic carbocycles. The van der Waals surface area contributed by atoms with Gasteiger partial charge in [-0.1, -0.05) is 18.2 Å². The number of para-hydroxylation sites is 1. The molecule has 1 saturated heterocycles. The van der Waals surface area contributed by atoms with E-state index < -0.39 is 5.63 Å². The minimum absolute atomic E-state index is 0.0936. The van der Waals surface area contributed by atoms with Gasteiger partial charge in [0, 0.05) is 49.6 Å². The van der Waals surface area contributed by atoms with E-state index >= 15 is 0 Å². The summed E-state index contributed by atoms with van der Waals surface area (Å²) >= 11 is 0. The van der Waals surface area contributed by atoms with E-state index in [2.05, 4.69) is 9.88 Å². The molecule has 1 aliphatic heterocycles. The number of piperazine rings is 1. The summed E-state index contributed by atoms with van der Waals surface area (Å²) in [6, 6.07) is 12.7. The summed E-state index contributed by atoms with van der Waals surface area (Å²) in [6.45, 7) is 2.56. The first-order chi connectivity index (χ1) is 12.2. The molecule has 6 heteroatoms. The van der Waals surface area contributed by atoms with Crippen molar-refractivity contribution >= 4 is 22.6 Å². The highest BCUT2D eigenvalue weighted by Crippen LogP contribution is 2.17. The van der Waals surface area contributed by atoms with E-state index in [1.165, 1.54) is 0 Å². The summed E-state index contributed by atoms with van der Waals surface area (Å²) in [4.78, 5) is 32.8. The molecule has 2 aromatic heterocycles. The zero-order valence-corrected chi connectivity index (χ0v) is 13.6. The third kappa shape index (κ3) is 2.98. The summed E-state index contributed by atoms with van der Waals surface area (Å²) < 4.78 is 5.27. The Morgan fingerprint density at radius 1 is 1.00 bits per heavy atom. The third-order valence-corrected chi connectivity index (χ3v) is 4.47. The third-order valence-electron chi connectivity index (χ3n) is 4.47. The molecule has 0 N–H and O–H groups in total. The highest BCUT2D eigenvalue weighted by atomic mass is 16.4. The molecule has 3 aromatic rings. The lowest BCUT2D eigenvalue weighted by molar-refractivity contribution is 0.0742. The topological polar surface area (TPSA) is 66.7 Å². The Balaban J connectivity index is 1.53. The Morgan fingerprint density at radius 3 is 2.48 bits per heavy atom. The number of carbonyl (C=O) groups excluding carboxylic acids is 1. The highest BCUT2D eigenvalue weighted by molar-refractivity contribution is 5.96. The number of pyridine rings is 1. The van der Waals surface area contributed by atoms with Gasteiger partial charge in [-0.25, -0.2) is 4.79 Å². The molecule has 0 unspecified atom stereocenters. The van der Waals surface area contributed by atoms with Crippen molar-refractivity contribution in [3.05, 3.63) is 70.8 Å². The first-order valence-corrected chi connectivity index (χ1v) is 8.19. The van der Waals surface area contributed by atoms with Crippen molar-refractivity contribution in [2.45, 2.75) is 0 Å². The van der Waals surface area contributed by atoms with Crippen LogP contribution in [0.25, 0.3) is 11.0 Å². The molecule has 6 nitrogen and oxygen atoms in total. The second-order valence-corrected chi connectivity index (χ2v) is 5.97. The number of amides is 1. The van der Waals surface area contributed by atoms with Gasteiger partial charge in [-0.05, 0) is 24.3 Å². The van der Waals surface area contributed by atoms with Gasteiger partial charge < -0.3 is 14.2 Å². The van der Waals surface area contributed by atoms with Crippen LogP contribution in [0.3, 0.4) is 0 Å². The van der Waals surface area contributed by atoms with E-state index in [4.69, 9.17) is 4.42 Å². The fourth-order valence-electron chi connectivity index (χ4n) is 3.10. The number of rotatable bonds is 2. The van der Waals surface area contributed by atoms with Crippen molar-refractivity contribution in [3.63, 3.8) is 0 Å². The van der Waals surface area contributed by atoms with Crippen LogP contribution in [0.2, 0.25) is 0 Å². The molecule has 0 atom stereocenters. The Labute approximate surface area is 144 Å². The van der Waals surface area contributed by atoms with E-state index in [1.807, 2.05) is 24.3 Å². The highest BCUT2D eigenvalue weighted by Gasteiger charge is 2.25. The van der Waals surface area contributed by atoms with Crippen LogP contribution in [0.4, 0.5) is 5.69 Å². The smallest absolute Gasteiger partial charge is 0.349 e. The maximum Gasteiger partial charge on any atom is 0.349 e. The molecule has 4 rings (SSSR count). The summed E-state index contributed by atoms with van der Waals surface area (Å²) in [7, 11) is 0. The summed E-state index contributed by atoms with van der Waals surface area (Å²) in [5, 5.41) is 0.751. The molecule has 126 valence electrons. The molecule has 1 aromatic carbocycles. The standard InChI is InChI=1S/C19H17N3O3/c23-18(16-13-14-3-1-2-4-17(14)25-19(16)24)22-11-9-21(10-12-22)15-5-7-20-8-6-15/h1-8,13H,9-12H2. The molecule has 3 heterocycles. The van der Waals surface area contributed by atoms with Crippen LogP contribution < -0.4 is 10.5 Å². The summed E-state index contributed by atoms with van der Waals surface area (Å²) in [6.07, 6.45) is 3.51. The molecule has 0 saturated carbocycles. The number of fused-ring (bicyclic) bond motifs is 1. The summed E-state index contributed by atoms with van der Waals surface area (Å²) in [5.41, 5.74) is 1.09. The van der Waals surface area contributed by atoms with Crippen molar-refractivity contribution in [2.24, 2.45) is 0 Å². The molecule has 25 heavy (non-hydrogen) atoms. The number of hydrogen-bond acceptors (Lipinski definition) is 5. The van der Waals surface area contributed by atoms with Crippen LogP contribution in [-0.4, -0.2) is 42.0 Å². The molecule has 0 bridgehead atoms. The first-order valence-electron chi connectivity index (χ1n) is 8.19. The van der Waals surface area contributed by atoms with Crippen molar-refractivity contribution in [1.29, 1.82) is 0 Å². The van der Waals surface area contributed by atoms with Crippen LogP contribution >= 0.6 is 0 Å². The molecule has 1 amide bonds. The largest absolute Gasteiger partial charge is 0.422 e. The van der Waals surface area contributed by atoms with Crippen molar-refractivity contribution in [3.8, 4) is 0 Å². The van der Waals surface area contributed by atoms with E-state index in [0.29, 0.717) is 31.8 Å². The zero-order valence-electron chi connectivity index (χ0n) is 13.6. The maximum absolute atomic E-state index is 12.7. The number of nitrogens with zero attached hydrogens (tertiary/aromatic N) is 3. The lowest BCUT2D eigenvalue weighted by atomic mass is 10.1. The van der Waals surface area contributed by atoms with E-state index in [-0.39, 0.29) is 11.5 Å². The molecule has 1 aliphatic rings. The van der Waals surface area contributed by atoms with Crippen LogP contribution in [-0.2, 0) is 0 Å². The zero-order chi connectivity index (χ0) is 17.2. The van der Waals surface area contributed by atoms with Gasteiger partial charge in [0.25, 0.3) is 5.91 Å². The molecule has 0 radical (unpaired) electrons. The van der Waals surface area contributed by atoms with Crippen molar-refractivity contribution in [1.82, 2.24) is 9.88 Å². The Bertz CT molecular complexity index is 960. The maximum atomic E-state index is 12.7. The number of hydrogen-bond donors (Lipinski definition) is 0. The van der Waals surface area contributed by atoms with Crippen LogP contribution in [0.5, 0.6) is 0 Å². The predicted molar refractivity (Wildman–Crippen MR) is 94.8 cm³/mol. The van der Waals surface area contributed by atoms with Gasteiger partial charge in [0.2, 0.25) is 0 Å². The van der Waals surface area contributed by atoms with Gasteiger partial charge in [0.15, 0.2) is 0 Å². The summed E-state index contributed by atoms with van der Waals surface area (Å²) in [5.74, 6) is -0.270. The SMILES string of the molecule is O=C(c1cc2ccccc2oc1=O)N1CCN(c2ccncc2)CC1. The Kier molecular flexibility index (Phi) is 3.93. The average Bonchev–Trinajstić information content (AvgIpc) is 2.68. The monoisotopic (exact) mass is 335 g/mol. The van der Waals surface area contributed by atoms with Crippen molar-refractivity contribution < 1.29 is 9.21 Å². The lowest BCUT2D eigenvalue weighted by Gasteiger charge is -2.35. The second kappa shape index (κ2) is 6.39.